The van der Waals surface area contributed by atoms with Crippen LogP contribution in [0, 0.1) is 11.3 Å². The Labute approximate surface area is 124 Å². The smallest absolute Gasteiger partial charge is 0.115 e. The predicted molar refractivity (Wildman–Crippen MR) is 83.2 cm³/mol. The van der Waals surface area contributed by atoms with Crippen molar-refractivity contribution < 1.29 is 5.11 Å². The molecule has 0 amide bonds. The third-order valence-corrected chi connectivity index (χ3v) is 4.02. The number of fused-ring (bicyclic) bond motifs is 1. The van der Waals surface area contributed by atoms with E-state index < -0.39 is 0 Å². The second kappa shape index (κ2) is 5.88. The molecule has 0 heterocycles. The van der Waals surface area contributed by atoms with Crippen molar-refractivity contribution in [3.63, 3.8) is 0 Å². The number of rotatable bonds is 3. The molecule has 2 aromatic rings. The van der Waals surface area contributed by atoms with E-state index in [2.05, 4.69) is 11.4 Å². The molecule has 2 N–H and O–H groups in total. The second-order valence-electron chi connectivity index (χ2n) is 5.50. The summed E-state index contributed by atoms with van der Waals surface area (Å²) in [7, 11) is 0. The van der Waals surface area contributed by atoms with E-state index in [9.17, 15) is 5.11 Å². The summed E-state index contributed by atoms with van der Waals surface area (Å²) in [4.78, 5) is 0. The number of phenolic OH excluding ortho intramolecular Hbond substituents is 1. The first-order valence-corrected chi connectivity index (χ1v) is 7.30. The molecule has 0 aliphatic heterocycles. The molecule has 3 heteroatoms. The average molecular weight is 278 g/mol. The number of nitrogens with one attached hydrogen (secondary N) is 1. The topological polar surface area (TPSA) is 56.0 Å². The minimum atomic E-state index is 0.288. The maximum Gasteiger partial charge on any atom is 0.115 e. The summed E-state index contributed by atoms with van der Waals surface area (Å²) < 4.78 is 0. The number of hydrogen-bond donors (Lipinski definition) is 2. The standard InChI is InChI=1S/C18H18N2O/c19-11-10-13-4-6-15(7-5-13)20-18-3-1-2-14-12-16(21)8-9-17(14)18/h4-9,12,18,20-21H,1-3,10H2. The Bertz CT molecular complexity index is 671. The fourth-order valence-electron chi connectivity index (χ4n) is 2.96. The van der Waals surface area contributed by atoms with E-state index in [4.69, 9.17) is 5.26 Å². The van der Waals surface area contributed by atoms with Crippen LogP contribution in [0.15, 0.2) is 42.5 Å². The molecule has 0 saturated heterocycles. The SMILES string of the molecule is N#CCc1ccc(NC2CCCc3cc(O)ccc32)cc1. The Balaban J connectivity index is 1.78. The number of benzene rings is 2. The van der Waals surface area contributed by atoms with E-state index >= 15 is 0 Å². The summed E-state index contributed by atoms with van der Waals surface area (Å²) in [5, 5.41) is 21.9. The molecule has 21 heavy (non-hydrogen) atoms. The van der Waals surface area contributed by atoms with Gasteiger partial charge >= 0.3 is 0 Å². The minimum Gasteiger partial charge on any atom is -0.508 e. The number of anilines is 1. The quantitative estimate of drug-likeness (QED) is 0.893. The van der Waals surface area contributed by atoms with Gasteiger partial charge in [-0.15, -0.1) is 0 Å². The van der Waals surface area contributed by atoms with E-state index in [0.29, 0.717) is 12.2 Å². The van der Waals surface area contributed by atoms with E-state index in [0.717, 1.165) is 30.5 Å². The zero-order valence-electron chi connectivity index (χ0n) is 11.8. The highest BCUT2D eigenvalue weighted by molar-refractivity contribution is 5.49. The van der Waals surface area contributed by atoms with Crippen LogP contribution in [0.2, 0.25) is 0 Å². The molecule has 0 fully saturated rings. The average Bonchev–Trinajstić information content (AvgIpc) is 2.49. The molecule has 2 aromatic carbocycles. The summed E-state index contributed by atoms with van der Waals surface area (Å²) in [5.41, 5.74) is 4.62. The summed E-state index contributed by atoms with van der Waals surface area (Å²) in [6, 6.07) is 16.1. The largest absolute Gasteiger partial charge is 0.508 e. The monoisotopic (exact) mass is 278 g/mol. The molecule has 0 aromatic heterocycles. The first-order valence-electron chi connectivity index (χ1n) is 7.30. The van der Waals surface area contributed by atoms with Crippen molar-refractivity contribution in [1.29, 1.82) is 5.26 Å². The van der Waals surface area contributed by atoms with Crippen molar-refractivity contribution in [2.45, 2.75) is 31.7 Å². The van der Waals surface area contributed by atoms with Gasteiger partial charge in [0.05, 0.1) is 18.5 Å². The molecule has 1 atom stereocenters. The summed E-state index contributed by atoms with van der Waals surface area (Å²) in [5.74, 6) is 0.343. The van der Waals surface area contributed by atoms with Gasteiger partial charge in [-0.1, -0.05) is 18.2 Å². The molecular formula is C18H18N2O. The van der Waals surface area contributed by atoms with Gasteiger partial charge in [0.15, 0.2) is 0 Å². The van der Waals surface area contributed by atoms with Crippen LogP contribution in [0.25, 0.3) is 0 Å². The van der Waals surface area contributed by atoms with E-state index in [-0.39, 0.29) is 6.04 Å². The fraction of sp³-hybridized carbons (Fsp3) is 0.278. The summed E-state index contributed by atoms with van der Waals surface area (Å²) in [6.45, 7) is 0. The second-order valence-corrected chi connectivity index (χ2v) is 5.50. The lowest BCUT2D eigenvalue weighted by Gasteiger charge is -2.27. The van der Waals surface area contributed by atoms with Crippen LogP contribution in [0.3, 0.4) is 0 Å². The van der Waals surface area contributed by atoms with Crippen LogP contribution < -0.4 is 5.32 Å². The lowest BCUT2D eigenvalue weighted by molar-refractivity contribution is 0.472. The lowest BCUT2D eigenvalue weighted by Crippen LogP contribution is -2.17. The predicted octanol–water partition coefficient (Wildman–Crippen LogP) is 3.95. The van der Waals surface area contributed by atoms with Crippen molar-refractivity contribution in [2.75, 3.05) is 5.32 Å². The normalized spacial score (nSPS) is 16.8. The number of aromatic hydroxyl groups is 1. The third-order valence-electron chi connectivity index (χ3n) is 4.02. The van der Waals surface area contributed by atoms with Gasteiger partial charge in [-0.05, 0) is 60.2 Å². The van der Waals surface area contributed by atoms with Gasteiger partial charge < -0.3 is 10.4 Å². The van der Waals surface area contributed by atoms with Gasteiger partial charge in [0.2, 0.25) is 0 Å². The zero-order valence-corrected chi connectivity index (χ0v) is 11.8. The van der Waals surface area contributed by atoms with Crippen LogP contribution in [-0.4, -0.2) is 5.11 Å². The highest BCUT2D eigenvalue weighted by atomic mass is 16.3. The maximum absolute atomic E-state index is 9.60. The Morgan fingerprint density at radius 1 is 1.19 bits per heavy atom. The highest BCUT2D eigenvalue weighted by Crippen LogP contribution is 2.34. The molecule has 3 rings (SSSR count). The fourth-order valence-corrected chi connectivity index (χ4v) is 2.96. The van der Waals surface area contributed by atoms with E-state index in [1.165, 1.54) is 11.1 Å². The van der Waals surface area contributed by atoms with Crippen LogP contribution in [0.1, 0.15) is 35.6 Å². The van der Waals surface area contributed by atoms with E-state index in [1.807, 2.05) is 36.4 Å². The molecule has 0 radical (unpaired) electrons. The van der Waals surface area contributed by atoms with Crippen LogP contribution in [0.5, 0.6) is 5.75 Å². The Morgan fingerprint density at radius 2 is 2.00 bits per heavy atom. The summed E-state index contributed by atoms with van der Waals surface area (Å²) >= 11 is 0. The molecule has 3 nitrogen and oxygen atoms in total. The Kier molecular flexibility index (Phi) is 3.79. The van der Waals surface area contributed by atoms with Crippen LogP contribution >= 0.6 is 0 Å². The highest BCUT2D eigenvalue weighted by Gasteiger charge is 2.20. The maximum atomic E-state index is 9.60. The van der Waals surface area contributed by atoms with Crippen molar-refractivity contribution in [1.82, 2.24) is 0 Å². The Morgan fingerprint density at radius 3 is 2.76 bits per heavy atom. The molecule has 1 unspecified atom stereocenters. The molecule has 106 valence electrons. The molecular weight excluding hydrogens is 260 g/mol. The number of phenols is 1. The van der Waals surface area contributed by atoms with Gasteiger partial charge in [0.1, 0.15) is 5.75 Å². The lowest BCUT2D eigenvalue weighted by atomic mass is 9.87. The van der Waals surface area contributed by atoms with Gasteiger partial charge in [-0.25, -0.2) is 0 Å². The Hall–Kier alpha value is -2.47. The van der Waals surface area contributed by atoms with Crippen molar-refractivity contribution in [2.24, 2.45) is 0 Å². The zero-order chi connectivity index (χ0) is 14.7. The summed E-state index contributed by atoms with van der Waals surface area (Å²) in [6.07, 6.45) is 3.70. The molecule has 0 spiro atoms. The van der Waals surface area contributed by atoms with E-state index in [1.54, 1.807) is 6.07 Å². The number of nitrogens with zero attached hydrogens (tertiary/aromatic N) is 1. The van der Waals surface area contributed by atoms with Gasteiger partial charge in [0.25, 0.3) is 0 Å². The van der Waals surface area contributed by atoms with Gasteiger partial charge in [0, 0.05) is 5.69 Å². The van der Waals surface area contributed by atoms with Crippen LogP contribution in [0.4, 0.5) is 5.69 Å². The van der Waals surface area contributed by atoms with Crippen molar-refractivity contribution >= 4 is 5.69 Å². The number of aryl methyl sites for hydroxylation is 1. The van der Waals surface area contributed by atoms with Crippen LogP contribution in [-0.2, 0) is 12.8 Å². The third kappa shape index (κ3) is 3.00. The van der Waals surface area contributed by atoms with Crippen molar-refractivity contribution in [3.8, 4) is 11.8 Å². The van der Waals surface area contributed by atoms with Gasteiger partial charge in [-0.2, -0.15) is 5.26 Å². The molecule has 1 aliphatic rings. The van der Waals surface area contributed by atoms with Gasteiger partial charge in [-0.3, -0.25) is 0 Å². The minimum absolute atomic E-state index is 0.288. The molecule has 1 aliphatic carbocycles. The first kappa shape index (κ1) is 13.5. The molecule has 0 bridgehead atoms. The first-order chi connectivity index (χ1) is 10.3. The number of nitriles is 1. The molecule has 0 saturated carbocycles. The van der Waals surface area contributed by atoms with Crippen molar-refractivity contribution in [3.05, 3.63) is 59.2 Å². The number of hydrogen-bond acceptors (Lipinski definition) is 3.